The van der Waals surface area contributed by atoms with Gasteiger partial charge in [-0.1, -0.05) is 6.08 Å². The van der Waals surface area contributed by atoms with E-state index in [0.717, 1.165) is 26.2 Å². The van der Waals surface area contributed by atoms with Gasteiger partial charge in [-0.2, -0.15) is 0 Å². The molecule has 1 amide bonds. The van der Waals surface area contributed by atoms with Crippen LogP contribution in [0.15, 0.2) is 12.2 Å². The van der Waals surface area contributed by atoms with Gasteiger partial charge in [0, 0.05) is 31.7 Å². The third-order valence-corrected chi connectivity index (χ3v) is 3.67. The summed E-state index contributed by atoms with van der Waals surface area (Å²) in [6.45, 7) is 10.4. The first kappa shape index (κ1) is 12.6. The van der Waals surface area contributed by atoms with E-state index in [0.29, 0.717) is 5.92 Å². The van der Waals surface area contributed by atoms with Gasteiger partial charge in [-0.15, -0.1) is 0 Å². The second-order valence-corrected chi connectivity index (χ2v) is 6.18. The van der Waals surface area contributed by atoms with Crippen molar-refractivity contribution in [1.82, 2.24) is 9.80 Å². The highest BCUT2D eigenvalue weighted by atomic mass is 16.2. The Labute approximate surface area is 104 Å². The van der Waals surface area contributed by atoms with E-state index < -0.39 is 0 Å². The van der Waals surface area contributed by atoms with Crippen LogP contribution >= 0.6 is 0 Å². The fourth-order valence-electron chi connectivity index (χ4n) is 2.21. The highest BCUT2D eigenvalue weighted by Crippen LogP contribution is 2.30. The lowest BCUT2D eigenvalue weighted by molar-refractivity contribution is -0.128. The number of allylic oxidation sites excluding steroid dienone is 1. The van der Waals surface area contributed by atoms with Crippen molar-refractivity contribution in [2.45, 2.75) is 39.2 Å². The Morgan fingerprint density at radius 3 is 2.18 bits per heavy atom. The van der Waals surface area contributed by atoms with Gasteiger partial charge in [-0.05, 0) is 45.6 Å². The van der Waals surface area contributed by atoms with Crippen molar-refractivity contribution >= 4 is 5.91 Å². The summed E-state index contributed by atoms with van der Waals surface area (Å²) in [6.07, 6.45) is 6.39. The van der Waals surface area contributed by atoms with E-state index in [2.05, 4.69) is 31.7 Å². The van der Waals surface area contributed by atoms with E-state index in [1.807, 2.05) is 4.90 Å². The molecule has 0 aromatic carbocycles. The maximum atomic E-state index is 11.9. The van der Waals surface area contributed by atoms with Gasteiger partial charge in [-0.25, -0.2) is 0 Å². The smallest absolute Gasteiger partial charge is 0.246 e. The molecule has 0 N–H and O–H groups in total. The van der Waals surface area contributed by atoms with Crippen molar-refractivity contribution in [3.05, 3.63) is 12.2 Å². The molecular weight excluding hydrogens is 212 g/mol. The standard InChI is InChI=1S/C14H24N2O/c1-14(2,3)16-10-8-15(9-11-16)13(17)7-6-12-4-5-12/h6-7,12H,4-5,8-11H2,1-3H3/b7-6+. The molecule has 1 aliphatic carbocycles. The molecule has 0 bridgehead atoms. The molecule has 0 spiro atoms. The van der Waals surface area contributed by atoms with Crippen LogP contribution in [0, 0.1) is 5.92 Å². The van der Waals surface area contributed by atoms with Gasteiger partial charge >= 0.3 is 0 Å². The van der Waals surface area contributed by atoms with Gasteiger partial charge in [0.25, 0.3) is 0 Å². The molecule has 0 atom stereocenters. The highest BCUT2D eigenvalue weighted by molar-refractivity contribution is 5.87. The molecular formula is C14H24N2O. The van der Waals surface area contributed by atoms with Gasteiger partial charge in [0.15, 0.2) is 0 Å². The zero-order chi connectivity index (χ0) is 12.5. The molecule has 0 aromatic rings. The minimum absolute atomic E-state index is 0.199. The van der Waals surface area contributed by atoms with Crippen molar-refractivity contribution in [2.75, 3.05) is 26.2 Å². The molecule has 1 saturated carbocycles. The molecule has 1 aliphatic heterocycles. The molecule has 0 radical (unpaired) electrons. The Hall–Kier alpha value is -0.830. The van der Waals surface area contributed by atoms with E-state index in [4.69, 9.17) is 0 Å². The molecule has 96 valence electrons. The first-order chi connectivity index (χ1) is 7.97. The van der Waals surface area contributed by atoms with Crippen LogP contribution in [0.5, 0.6) is 0 Å². The van der Waals surface area contributed by atoms with Crippen LogP contribution in [0.2, 0.25) is 0 Å². The molecule has 2 aliphatic rings. The normalized spacial score (nSPS) is 23.4. The van der Waals surface area contributed by atoms with Crippen LogP contribution in [0.3, 0.4) is 0 Å². The Morgan fingerprint density at radius 1 is 1.12 bits per heavy atom. The average molecular weight is 236 g/mol. The summed E-state index contributed by atoms with van der Waals surface area (Å²) in [6, 6.07) is 0. The minimum atomic E-state index is 0.199. The van der Waals surface area contributed by atoms with Crippen molar-refractivity contribution < 1.29 is 4.79 Å². The number of rotatable bonds is 2. The Balaban J connectivity index is 1.79. The van der Waals surface area contributed by atoms with Crippen LogP contribution in [0.25, 0.3) is 0 Å². The zero-order valence-corrected chi connectivity index (χ0v) is 11.3. The predicted octanol–water partition coefficient (Wildman–Crippen LogP) is 1.90. The first-order valence-electron chi connectivity index (χ1n) is 6.69. The molecule has 3 nitrogen and oxygen atoms in total. The summed E-state index contributed by atoms with van der Waals surface area (Å²) in [5.41, 5.74) is 0.221. The van der Waals surface area contributed by atoms with E-state index in [1.165, 1.54) is 12.8 Å². The number of carbonyl (C=O) groups excluding carboxylic acids is 1. The van der Waals surface area contributed by atoms with Gasteiger partial charge < -0.3 is 4.90 Å². The summed E-state index contributed by atoms with van der Waals surface area (Å²) in [4.78, 5) is 16.3. The largest absolute Gasteiger partial charge is 0.337 e. The second kappa shape index (κ2) is 4.81. The highest BCUT2D eigenvalue weighted by Gasteiger charge is 2.27. The summed E-state index contributed by atoms with van der Waals surface area (Å²) in [5.74, 6) is 0.889. The van der Waals surface area contributed by atoms with Gasteiger partial charge in [0.05, 0.1) is 0 Å². The minimum Gasteiger partial charge on any atom is -0.337 e. The van der Waals surface area contributed by atoms with Crippen LogP contribution in [0.4, 0.5) is 0 Å². The SMILES string of the molecule is CC(C)(C)N1CCN(C(=O)/C=C/C2CC2)CC1. The molecule has 3 heteroatoms. The number of amides is 1. The monoisotopic (exact) mass is 236 g/mol. The van der Waals surface area contributed by atoms with Gasteiger partial charge in [0.1, 0.15) is 0 Å². The fraction of sp³-hybridized carbons (Fsp3) is 0.786. The molecule has 2 fully saturated rings. The number of hydrogen-bond donors (Lipinski definition) is 0. The van der Waals surface area contributed by atoms with Gasteiger partial charge in [0.2, 0.25) is 5.91 Å². The van der Waals surface area contributed by atoms with Crippen LogP contribution < -0.4 is 0 Å². The van der Waals surface area contributed by atoms with Crippen molar-refractivity contribution in [3.8, 4) is 0 Å². The molecule has 1 heterocycles. The van der Waals surface area contributed by atoms with Crippen LogP contribution in [-0.2, 0) is 4.79 Å². The van der Waals surface area contributed by atoms with E-state index in [1.54, 1.807) is 6.08 Å². The summed E-state index contributed by atoms with van der Waals surface area (Å²) < 4.78 is 0. The zero-order valence-electron chi connectivity index (χ0n) is 11.3. The van der Waals surface area contributed by atoms with Crippen LogP contribution in [-0.4, -0.2) is 47.4 Å². The maximum absolute atomic E-state index is 11.9. The third-order valence-electron chi connectivity index (χ3n) is 3.67. The van der Waals surface area contributed by atoms with Gasteiger partial charge in [-0.3, -0.25) is 9.69 Å². The number of nitrogens with zero attached hydrogens (tertiary/aromatic N) is 2. The lowest BCUT2D eigenvalue weighted by Crippen LogP contribution is -2.54. The van der Waals surface area contributed by atoms with Crippen molar-refractivity contribution in [1.29, 1.82) is 0 Å². The first-order valence-corrected chi connectivity index (χ1v) is 6.69. The molecule has 0 unspecified atom stereocenters. The lowest BCUT2D eigenvalue weighted by atomic mass is 10.0. The number of carbonyl (C=O) groups is 1. The molecule has 1 saturated heterocycles. The molecule has 0 aromatic heterocycles. The lowest BCUT2D eigenvalue weighted by Gasteiger charge is -2.42. The second-order valence-electron chi connectivity index (χ2n) is 6.18. The van der Waals surface area contributed by atoms with Crippen molar-refractivity contribution in [3.63, 3.8) is 0 Å². The Morgan fingerprint density at radius 2 is 1.71 bits per heavy atom. The number of hydrogen-bond acceptors (Lipinski definition) is 2. The summed E-state index contributed by atoms with van der Waals surface area (Å²) in [7, 11) is 0. The van der Waals surface area contributed by atoms with E-state index in [-0.39, 0.29) is 11.4 Å². The maximum Gasteiger partial charge on any atom is 0.246 e. The quantitative estimate of drug-likeness (QED) is 0.684. The van der Waals surface area contributed by atoms with Crippen molar-refractivity contribution in [2.24, 2.45) is 5.92 Å². The fourth-order valence-corrected chi connectivity index (χ4v) is 2.21. The van der Waals surface area contributed by atoms with E-state index >= 15 is 0 Å². The topological polar surface area (TPSA) is 23.6 Å². The summed E-state index contributed by atoms with van der Waals surface area (Å²) >= 11 is 0. The summed E-state index contributed by atoms with van der Waals surface area (Å²) in [5, 5.41) is 0. The Kier molecular flexibility index (Phi) is 3.57. The average Bonchev–Trinajstić information content (AvgIpc) is 3.09. The van der Waals surface area contributed by atoms with E-state index in [9.17, 15) is 4.79 Å². The third kappa shape index (κ3) is 3.56. The Bertz CT molecular complexity index is 305. The molecule has 2 rings (SSSR count). The number of piperazine rings is 1. The van der Waals surface area contributed by atoms with Crippen LogP contribution in [0.1, 0.15) is 33.6 Å². The predicted molar refractivity (Wildman–Crippen MR) is 69.8 cm³/mol. The molecule has 17 heavy (non-hydrogen) atoms.